The standard InChI is InChI=1S/C15H20N2O2S/c1-3-17-10-12(8-14(17)18)15(19)16-9-11-5-4-6-13(7-11)20-2/h4-7,12H,3,8-10H2,1-2H3,(H,16,19)/t12-/m1/s1. The first-order chi connectivity index (χ1) is 9.63. The average Bonchev–Trinajstić information content (AvgIpc) is 2.86. The van der Waals surface area contributed by atoms with Crippen molar-refractivity contribution in [2.24, 2.45) is 5.92 Å². The van der Waals surface area contributed by atoms with Gasteiger partial charge in [-0.3, -0.25) is 9.59 Å². The van der Waals surface area contributed by atoms with Crippen LogP contribution in [0.4, 0.5) is 0 Å². The summed E-state index contributed by atoms with van der Waals surface area (Å²) in [5, 5.41) is 2.93. The van der Waals surface area contributed by atoms with Crippen molar-refractivity contribution >= 4 is 23.6 Å². The number of rotatable bonds is 5. The van der Waals surface area contributed by atoms with Crippen molar-refractivity contribution in [2.45, 2.75) is 24.8 Å². The summed E-state index contributed by atoms with van der Waals surface area (Å²) in [5.74, 6) is -0.146. The fourth-order valence-electron chi connectivity index (χ4n) is 2.37. The van der Waals surface area contributed by atoms with Crippen LogP contribution in [0.1, 0.15) is 18.9 Å². The van der Waals surface area contributed by atoms with Crippen LogP contribution in [-0.2, 0) is 16.1 Å². The van der Waals surface area contributed by atoms with Gasteiger partial charge in [-0.25, -0.2) is 0 Å². The molecule has 1 atom stereocenters. The lowest BCUT2D eigenvalue weighted by Crippen LogP contribution is -2.32. The minimum Gasteiger partial charge on any atom is -0.352 e. The van der Waals surface area contributed by atoms with Crippen molar-refractivity contribution in [3.63, 3.8) is 0 Å². The molecule has 1 heterocycles. The molecule has 0 aliphatic carbocycles. The molecule has 20 heavy (non-hydrogen) atoms. The Morgan fingerprint density at radius 1 is 1.50 bits per heavy atom. The first-order valence-electron chi connectivity index (χ1n) is 6.82. The van der Waals surface area contributed by atoms with Crippen LogP contribution < -0.4 is 5.32 Å². The van der Waals surface area contributed by atoms with Crippen molar-refractivity contribution in [2.75, 3.05) is 19.3 Å². The molecule has 1 aromatic rings. The summed E-state index contributed by atoms with van der Waals surface area (Å²) in [7, 11) is 0. The lowest BCUT2D eigenvalue weighted by Gasteiger charge is -2.13. The molecule has 0 saturated carbocycles. The van der Waals surface area contributed by atoms with Crippen LogP contribution in [-0.4, -0.2) is 36.1 Å². The second-order valence-corrected chi connectivity index (χ2v) is 5.78. The molecule has 0 bridgehead atoms. The summed E-state index contributed by atoms with van der Waals surface area (Å²) < 4.78 is 0. The van der Waals surface area contributed by atoms with Crippen LogP contribution in [0.5, 0.6) is 0 Å². The Hall–Kier alpha value is -1.49. The van der Waals surface area contributed by atoms with E-state index in [2.05, 4.69) is 11.4 Å². The zero-order chi connectivity index (χ0) is 14.5. The molecule has 0 aromatic heterocycles. The van der Waals surface area contributed by atoms with Gasteiger partial charge in [0.05, 0.1) is 5.92 Å². The van der Waals surface area contributed by atoms with E-state index in [-0.39, 0.29) is 17.7 Å². The number of hydrogen-bond donors (Lipinski definition) is 1. The van der Waals surface area contributed by atoms with E-state index in [0.29, 0.717) is 26.1 Å². The first-order valence-corrected chi connectivity index (χ1v) is 8.05. The summed E-state index contributed by atoms with van der Waals surface area (Å²) in [5.41, 5.74) is 1.09. The highest BCUT2D eigenvalue weighted by Gasteiger charge is 2.33. The van der Waals surface area contributed by atoms with Gasteiger partial charge in [-0.15, -0.1) is 11.8 Å². The van der Waals surface area contributed by atoms with Crippen LogP contribution in [0.25, 0.3) is 0 Å². The monoisotopic (exact) mass is 292 g/mol. The van der Waals surface area contributed by atoms with E-state index in [4.69, 9.17) is 0 Å². The normalized spacial score (nSPS) is 18.4. The van der Waals surface area contributed by atoms with Crippen LogP contribution in [0.15, 0.2) is 29.2 Å². The van der Waals surface area contributed by atoms with E-state index in [9.17, 15) is 9.59 Å². The third-order valence-electron chi connectivity index (χ3n) is 3.57. The van der Waals surface area contributed by atoms with Crippen LogP contribution in [0, 0.1) is 5.92 Å². The van der Waals surface area contributed by atoms with Crippen LogP contribution in [0.3, 0.4) is 0 Å². The zero-order valence-electron chi connectivity index (χ0n) is 11.9. The van der Waals surface area contributed by atoms with Gasteiger partial charge in [0.1, 0.15) is 0 Å². The summed E-state index contributed by atoms with van der Waals surface area (Å²) in [6, 6.07) is 8.11. The molecule has 0 radical (unpaired) electrons. The number of nitrogens with zero attached hydrogens (tertiary/aromatic N) is 1. The van der Waals surface area contributed by atoms with E-state index in [1.54, 1.807) is 16.7 Å². The molecule has 5 heteroatoms. The second kappa shape index (κ2) is 6.79. The lowest BCUT2D eigenvalue weighted by atomic mass is 10.1. The van der Waals surface area contributed by atoms with Crippen molar-refractivity contribution in [1.29, 1.82) is 0 Å². The van der Waals surface area contributed by atoms with Gasteiger partial charge < -0.3 is 10.2 Å². The quantitative estimate of drug-likeness (QED) is 0.843. The van der Waals surface area contributed by atoms with E-state index in [1.165, 1.54) is 4.90 Å². The Morgan fingerprint density at radius 3 is 2.95 bits per heavy atom. The molecule has 108 valence electrons. The number of thioether (sulfide) groups is 1. The van der Waals surface area contributed by atoms with Crippen molar-refractivity contribution in [3.8, 4) is 0 Å². The number of nitrogens with one attached hydrogen (secondary N) is 1. The van der Waals surface area contributed by atoms with Crippen LogP contribution in [0.2, 0.25) is 0 Å². The zero-order valence-corrected chi connectivity index (χ0v) is 12.7. The van der Waals surface area contributed by atoms with E-state index in [0.717, 1.165) is 5.56 Å². The van der Waals surface area contributed by atoms with Gasteiger partial charge in [0, 0.05) is 31.0 Å². The highest BCUT2D eigenvalue weighted by atomic mass is 32.2. The van der Waals surface area contributed by atoms with E-state index in [1.807, 2.05) is 31.4 Å². The molecule has 1 N–H and O–H groups in total. The third kappa shape index (κ3) is 3.54. The smallest absolute Gasteiger partial charge is 0.225 e. The van der Waals surface area contributed by atoms with E-state index < -0.39 is 0 Å². The maximum Gasteiger partial charge on any atom is 0.225 e. The van der Waals surface area contributed by atoms with Gasteiger partial charge in [0.25, 0.3) is 0 Å². The maximum absolute atomic E-state index is 12.1. The second-order valence-electron chi connectivity index (χ2n) is 4.90. The molecular weight excluding hydrogens is 272 g/mol. The molecule has 2 amide bonds. The topological polar surface area (TPSA) is 49.4 Å². The number of amides is 2. The summed E-state index contributed by atoms with van der Waals surface area (Å²) in [6.45, 7) is 3.68. The van der Waals surface area contributed by atoms with Gasteiger partial charge in [0.2, 0.25) is 11.8 Å². The Kier molecular flexibility index (Phi) is 5.06. The molecule has 1 aromatic carbocycles. The van der Waals surface area contributed by atoms with E-state index >= 15 is 0 Å². The molecule has 1 aliphatic rings. The summed E-state index contributed by atoms with van der Waals surface area (Å²) >= 11 is 1.68. The number of hydrogen-bond acceptors (Lipinski definition) is 3. The lowest BCUT2D eigenvalue weighted by molar-refractivity contribution is -0.128. The van der Waals surface area contributed by atoms with Gasteiger partial charge in [-0.2, -0.15) is 0 Å². The number of benzene rings is 1. The highest BCUT2D eigenvalue weighted by Crippen LogP contribution is 2.18. The van der Waals surface area contributed by atoms with Crippen molar-refractivity contribution in [3.05, 3.63) is 29.8 Å². The minimum atomic E-state index is -0.203. The SMILES string of the molecule is CCN1C[C@H](C(=O)NCc2cccc(SC)c2)CC1=O. The average molecular weight is 292 g/mol. The molecule has 1 saturated heterocycles. The van der Waals surface area contributed by atoms with Gasteiger partial charge in [0.15, 0.2) is 0 Å². The highest BCUT2D eigenvalue weighted by molar-refractivity contribution is 7.98. The number of carbonyl (C=O) groups excluding carboxylic acids is 2. The molecule has 1 fully saturated rings. The summed E-state index contributed by atoms with van der Waals surface area (Å²) in [6.07, 6.45) is 2.37. The van der Waals surface area contributed by atoms with Gasteiger partial charge in [-0.1, -0.05) is 12.1 Å². The molecule has 4 nitrogen and oxygen atoms in total. The van der Waals surface area contributed by atoms with Crippen molar-refractivity contribution < 1.29 is 9.59 Å². The molecule has 0 unspecified atom stereocenters. The predicted molar refractivity (Wildman–Crippen MR) is 80.4 cm³/mol. The van der Waals surface area contributed by atoms with Gasteiger partial charge >= 0.3 is 0 Å². The molecule has 0 spiro atoms. The molecule has 1 aliphatic heterocycles. The van der Waals surface area contributed by atoms with Gasteiger partial charge in [-0.05, 0) is 30.9 Å². The summed E-state index contributed by atoms with van der Waals surface area (Å²) in [4.78, 5) is 26.6. The predicted octanol–water partition coefficient (Wildman–Crippen LogP) is 1.89. The van der Waals surface area contributed by atoms with Crippen molar-refractivity contribution in [1.82, 2.24) is 10.2 Å². The fraction of sp³-hybridized carbons (Fsp3) is 0.467. The molecular formula is C15H20N2O2S. The Balaban J connectivity index is 1.88. The largest absolute Gasteiger partial charge is 0.352 e. The maximum atomic E-state index is 12.1. The molecule has 2 rings (SSSR count). The third-order valence-corrected chi connectivity index (χ3v) is 4.29. The van der Waals surface area contributed by atoms with Crippen LogP contribution >= 0.6 is 11.8 Å². The Morgan fingerprint density at radius 2 is 2.30 bits per heavy atom. The first kappa shape index (κ1) is 14.9. The Labute approximate surface area is 123 Å². The minimum absolute atomic E-state index is 0.0242. The number of likely N-dealkylation sites (tertiary alicyclic amines) is 1. The number of carbonyl (C=O) groups is 2. The Bertz CT molecular complexity index is 504. The fourth-order valence-corrected chi connectivity index (χ4v) is 2.85.